The average molecular weight is 221 g/mol. The van der Waals surface area contributed by atoms with Crippen LogP contribution in [0.2, 0.25) is 0 Å². The molecule has 0 aromatic heterocycles. The molecule has 16 heavy (non-hydrogen) atoms. The zero-order valence-corrected chi connectivity index (χ0v) is 9.07. The first-order valence-electron chi connectivity index (χ1n) is 5.65. The minimum absolute atomic E-state index is 0.578. The lowest BCUT2D eigenvalue weighted by Gasteiger charge is -2.20. The standard InChI is InChI=1S/C12H15NO3/c13-9-5-11-12(15-4-3-14-11)6-10(9)16-7-8-1-2-8/h5-6,8H,1-4,7,13H2. The molecular weight excluding hydrogens is 206 g/mol. The SMILES string of the molecule is Nc1cc2c(cc1OCC1CC1)OCCO2. The van der Waals surface area contributed by atoms with Gasteiger partial charge in [-0.05, 0) is 18.8 Å². The molecule has 0 bridgehead atoms. The van der Waals surface area contributed by atoms with E-state index in [2.05, 4.69) is 0 Å². The molecule has 1 fully saturated rings. The summed E-state index contributed by atoms with van der Waals surface area (Å²) in [5.41, 5.74) is 6.51. The van der Waals surface area contributed by atoms with Gasteiger partial charge in [-0.15, -0.1) is 0 Å². The molecule has 3 rings (SSSR count). The quantitative estimate of drug-likeness (QED) is 0.791. The zero-order chi connectivity index (χ0) is 11.0. The zero-order valence-electron chi connectivity index (χ0n) is 9.07. The van der Waals surface area contributed by atoms with Crippen molar-refractivity contribution in [3.8, 4) is 17.2 Å². The van der Waals surface area contributed by atoms with E-state index in [1.54, 1.807) is 6.07 Å². The number of benzene rings is 1. The maximum Gasteiger partial charge on any atom is 0.165 e. The molecule has 2 N–H and O–H groups in total. The fourth-order valence-electron chi connectivity index (χ4n) is 1.70. The summed E-state index contributed by atoms with van der Waals surface area (Å²) in [5, 5.41) is 0. The monoisotopic (exact) mass is 221 g/mol. The summed E-state index contributed by atoms with van der Waals surface area (Å²) in [6, 6.07) is 3.60. The van der Waals surface area contributed by atoms with Crippen molar-refractivity contribution < 1.29 is 14.2 Å². The van der Waals surface area contributed by atoms with Gasteiger partial charge in [0.25, 0.3) is 0 Å². The second kappa shape index (κ2) is 3.77. The first-order chi connectivity index (χ1) is 7.83. The van der Waals surface area contributed by atoms with Gasteiger partial charge in [-0.3, -0.25) is 0 Å². The van der Waals surface area contributed by atoms with Crippen LogP contribution in [0.15, 0.2) is 12.1 Å². The molecule has 4 heteroatoms. The Morgan fingerprint density at radius 3 is 2.56 bits per heavy atom. The lowest BCUT2D eigenvalue weighted by atomic mass is 10.2. The fourth-order valence-corrected chi connectivity index (χ4v) is 1.70. The van der Waals surface area contributed by atoms with E-state index < -0.39 is 0 Å². The molecule has 1 aromatic carbocycles. The summed E-state index contributed by atoms with van der Waals surface area (Å²) in [4.78, 5) is 0. The third-order valence-corrected chi connectivity index (χ3v) is 2.85. The Bertz CT molecular complexity index is 401. The van der Waals surface area contributed by atoms with E-state index >= 15 is 0 Å². The van der Waals surface area contributed by atoms with E-state index in [9.17, 15) is 0 Å². The maximum atomic E-state index is 5.89. The molecule has 2 aliphatic rings. The summed E-state index contributed by atoms with van der Waals surface area (Å²) in [6.07, 6.45) is 2.54. The average Bonchev–Trinajstić information content (AvgIpc) is 3.10. The van der Waals surface area contributed by atoms with Crippen LogP contribution in [0.1, 0.15) is 12.8 Å². The van der Waals surface area contributed by atoms with E-state index in [-0.39, 0.29) is 0 Å². The number of hydrogen-bond donors (Lipinski definition) is 1. The Morgan fingerprint density at radius 1 is 1.19 bits per heavy atom. The van der Waals surface area contributed by atoms with E-state index in [0.29, 0.717) is 36.3 Å². The summed E-state index contributed by atoms with van der Waals surface area (Å²) in [7, 11) is 0. The molecule has 0 amide bonds. The van der Waals surface area contributed by atoms with Gasteiger partial charge in [0.2, 0.25) is 0 Å². The maximum absolute atomic E-state index is 5.89. The van der Waals surface area contributed by atoms with Crippen molar-refractivity contribution in [3.63, 3.8) is 0 Å². The molecule has 0 radical (unpaired) electrons. The van der Waals surface area contributed by atoms with Crippen molar-refractivity contribution in [1.82, 2.24) is 0 Å². The molecule has 1 heterocycles. The highest BCUT2D eigenvalue weighted by molar-refractivity contribution is 5.62. The summed E-state index contributed by atoms with van der Waals surface area (Å²) in [6.45, 7) is 1.91. The van der Waals surface area contributed by atoms with Gasteiger partial charge in [-0.25, -0.2) is 0 Å². The van der Waals surface area contributed by atoms with Gasteiger partial charge in [-0.1, -0.05) is 0 Å². The number of nitrogens with two attached hydrogens (primary N) is 1. The van der Waals surface area contributed by atoms with Crippen LogP contribution in [0.5, 0.6) is 17.2 Å². The molecule has 0 saturated heterocycles. The van der Waals surface area contributed by atoms with Crippen LogP contribution in [0.3, 0.4) is 0 Å². The minimum Gasteiger partial charge on any atom is -0.491 e. The van der Waals surface area contributed by atoms with Crippen LogP contribution < -0.4 is 19.9 Å². The molecule has 0 spiro atoms. The van der Waals surface area contributed by atoms with Crippen LogP contribution >= 0.6 is 0 Å². The highest BCUT2D eigenvalue weighted by Crippen LogP contribution is 2.39. The second-order valence-corrected chi connectivity index (χ2v) is 4.29. The highest BCUT2D eigenvalue weighted by Gasteiger charge is 2.23. The number of anilines is 1. The normalized spacial score (nSPS) is 18.2. The van der Waals surface area contributed by atoms with Crippen LogP contribution in [0.25, 0.3) is 0 Å². The number of ether oxygens (including phenoxy) is 3. The molecule has 4 nitrogen and oxygen atoms in total. The van der Waals surface area contributed by atoms with Gasteiger partial charge >= 0.3 is 0 Å². The van der Waals surface area contributed by atoms with Gasteiger partial charge in [0.15, 0.2) is 11.5 Å². The first kappa shape index (κ1) is 9.63. The highest BCUT2D eigenvalue weighted by atomic mass is 16.6. The summed E-state index contributed by atoms with van der Waals surface area (Å²) >= 11 is 0. The van der Waals surface area contributed by atoms with Crippen molar-refractivity contribution in [1.29, 1.82) is 0 Å². The van der Waals surface area contributed by atoms with Gasteiger partial charge < -0.3 is 19.9 Å². The van der Waals surface area contributed by atoms with Crippen molar-refractivity contribution in [3.05, 3.63) is 12.1 Å². The summed E-state index contributed by atoms with van der Waals surface area (Å²) < 4.78 is 16.6. The Labute approximate surface area is 94.3 Å². The molecule has 0 atom stereocenters. The molecule has 1 aliphatic carbocycles. The molecule has 86 valence electrons. The van der Waals surface area contributed by atoms with E-state index in [0.717, 1.165) is 12.4 Å². The Hall–Kier alpha value is -1.58. The molecule has 1 aliphatic heterocycles. The Balaban J connectivity index is 1.80. The summed E-state index contributed by atoms with van der Waals surface area (Å²) in [5.74, 6) is 2.86. The second-order valence-electron chi connectivity index (χ2n) is 4.29. The van der Waals surface area contributed by atoms with Crippen LogP contribution in [0.4, 0.5) is 5.69 Å². The lowest BCUT2D eigenvalue weighted by molar-refractivity contribution is 0.170. The van der Waals surface area contributed by atoms with Crippen LogP contribution in [-0.4, -0.2) is 19.8 Å². The van der Waals surface area contributed by atoms with Crippen molar-refractivity contribution in [2.75, 3.05) is 25.6 Å². The number of hydrogen-bond acceptors (Lipinski definition) is 4. The number of nitrogen functional groups attached to an aromatic ring is 1. The molecule has 1 saturated carbocycles. The van der Waals surface area contributed by atoms with E-state index in [4.69, 9.17) is 19.9 Å². The minimum atomic E-state index is 0.578. The molecule has 1 aromatic rings. The predicted octanol–water partition coefficient (Wildman–Crippen LogP) is 1.83. The molecule has 0 unspecified atom stereocenters. The Kier molecular flexibility index (Phi) is 2.27. The van der Waals surface area contributed by atoms with Crippen LogP contribution in [0, 0.1) is 5.92 Å². The van der Waals surface area contributed by atoms with Gasteiger partial charge in [0.05, 0.1) is 12.3 Å². The third kappa shape index (κ3) is 1.87. The number of rotatable bonds is 3. The number of fused-ring (bicyclic) bond motifs is 1. The lowest BCUT2D eigenvalue weighted by Crippen LogP contribution is -2.15. The van der Waals surface area contributed by atoms with Crippen molar-refractivity contribution in [2.45, 2.75) is 12.8 Å². The van der Waals surface area contributed by atoms with Crippen molar-refractivity contribution in [2.24, 2.45) is 5.92 Å². The van der Waals surface area contributed by atoms with E-state index in [1.807, 2.05) is 6.07 Å². The van der Waals surface area contributed by atoms with Gasteiger partial charge in [0, 0.05) is 12.1 Å². The van der Waals surface area contributed by atoms with Gasteiger partial charge in [0.1, 0.15) is 19.0 Å². The predicted molar refractivity (Wildman–Crippen MR) is 60.1 cm³/mol. The largest absolute Gasteiger partial charge is 0.491 e. The fraction of sp³-hybridized carbons (Fsp3) is 0.500. The molecular formula is C12H15NO3. The van der Waals surface area contributed by atoms with E-state index in [1.165, 1.54) is 12.8 Å². The van der Waals surface area contributed by atoms with Crippen LogP contribution in [-0.2, 0) is 0 Å². The Morgan fingerprint density at radius 2 is 1.88 bits per heavy atom. The third-order valence-electron chi connectivity index (χ3n) is 2.85. The topological polar surface area (TPSA) is 53.7 Å². The first-order valence-corrected chi connectivity index (χ1v) is 5.65. The van der Waals surface area contributed by atoms with Crippen molar-refractivity contribution >= 4 is 5.69 Å². The smallest absolute Gasteiger partial charge is 0.165 e. The van der Waals surface area contributed by atoms with Gasteiger partial charge in [-0.2, -0.15) is 0 Å².